The largest absolute Gasteiger partial charge is 0.329 e. The molecule has 2 heteroatoms. The third-order valence-corrected chi connectivity index (χ3v) is 2.19. The molecule has 2 nitrogen and oxygen atoms in total. The zero-order chi connectivity index (χ0) is 6.85. The maximum Gasteiger partial charge on any atom is 0.0349 e. The lowest BCUT2D eigenvalue weighted by atomic mass is 10.3. The van der Waals surface area contributed by atoms with E-state index in [2.05, 4.69) is 18.7 Å². The third-order valence-electron chi connectivity index (χ3n) is 2.19. The third kappa shape index (κ3) is 1.43. The van der Waals surface area contributed by atoms with Gasteiger partial charge < -0.3 is 5.73 Å². The second-order valence-electron chi connectivity index (χ2n) is 2.84. The zero-order valence-electron chi connectivity index (χ0n) is 6.30. The summed E-state index contributed by atoms with van der Waals surface area (Å²) in [7, 11) is 0. The van der Waals surface area contributed by atoms with E-state index in [0.29, 0.717) is 6.04 Å². The molecule has 1 aliphatic rings. The van der Waals surface area contributed by atoms with Gasteiger partial charge in [-0.3, -0.25) is 4.90 Å². The highest BCUT2D eigenvalue weighted by Crippen LogP contribution is 2.20. The summed E-state index contributed by atoms with van der Waals surface area (Å²) in [5.74, 6) is 0. The van der Waals surface area contributed by atoms with Gasteiger partial charge in [0.2, 0.25) is 0 Å². The lowest BCUT2D eigenvalue weighted by molar-refractivity contribution is 0.386. The molecule has 0 aliphatic carbocycles. The van der Waals surface area contributed by atoms with E-state index in [4.69, 9.17) is 5.73 Å². The van der Waals surface area contributed by atoms with Crippen molar-refractivity contribution in [3.05, 3.63) is 0 Å². The van der Waals surface area contributed by atoms with Gasteiger partial charge in [-0.05, 0) is 13.3 Å². The lowest BCUT2D eigenvalue weighted by Gasteiger charge is -2.09. The Bertz CT molecular complexity index is 92.9. The summed E-state index contributed by atoms with van der Waals surface area (Å²) in [6.45, 7) is 6.54. The Morgan fingerprint density at radius 3 is 2.78 bits per heavy atom. The van der Waals surface area contributed by atoms with E-state index in [1.807, 2.05) is 0 Å². The fourth-order valence-electron chi connectivity index (χ4n) is 1.18. The second kappa shape index (κ2) is 2.67. The predicted molar refractivity (Wildman–Crippen MR) is 39.3 cm³/mol. The molecule has 54 valence electrons. The molecule has 1 aliphatic heterocycles. The van der Waals surface area contributed by atoms with Crippen molar-refractivity contribution in [3.63, 3.8) is 0 Å². The van der Waals surface area contributed by atoms with Crippen LogP contribution in [0.25, 0.3) is 0 Å². The first-order valence-electron chi connectivity index (χ1n) is 3.75. The summed E-state index contributed by atoms with van der Waals surface area (Å²) in [4.78, 5) is 2.44. The molecular weight excluding hydrogens is 112 g/mol. The van der Waals surface area contributed by atoms with E-state index in [1.165, 1.54) is 13.0 Å². The molecule has 1 heterocycles. The van der Waals surface area contributed by atoms with E-state index in [9.17, 15) is 0 Å². The monoisotopic (exact) mass is 128 g/mol. The summed E-state index contributed by atoms with van der Waals surface area (Å²) in [5.41, 5.74) is 5.48. The first-order valence-corrected chi connectivity index (χ1v) is 3.75. The van der Waals surface area contributed by atoms with Gasteiger partial charge >= 0.3 is 0 Å². The van der Waals surface area contributed by atoms with Crippen LogP contribution in [0.2, 0.25) is 0 Å². The van der Waals surface area contributed by atoms with Crippen molar-refractivity contribution < 1.29 is 0 Å². The van der Waals surface area contributed by atoms with Crippen LogP contribution in [-0.4, -0.2) is 30.1 Å². The molecule has 2 N–H and O–H groups in total. The molecule has 0 saturated carbocycles. The van der Waals surface area contributed by atoms with Crippen LogP contribution in [0.4, 0.5) is 0 Å². The Hall–Kier alpha value is -0.0800. The Kier molecular flexibility index (Phi) is 2.09. The predicted octanol–water partition coefficient (Wildman–Crippen LogP) is 0.428. The van der Waals surface area contributed by atoms with Gasteiger partial charge in [0.25, 0.3) is 0 Å². The highest BCUT2D eigenvalue weighted by atomic mass is 15.3. The first kappa shape index (κ1) is 7.03. The van der Waals surface area contributed by atoms with E-state index in [0.717, 1.165) is 12.6 Å². The van der Waals surface area contributed by atoms with Crippen molar-refractivity contribution in [1.29, 1.82) is 0 Å². The Labute approximate surface area is 57.0 Å². The van der Waals surface area contributed by atoms with Gasteiger partial charge in [0.05, 0.1) is 0 Å². The highest BCUT2D eigenvalue weighted by molar-refractivity contribution is 4.92. The van der Waals surface area contributed by atoms with Crippen LogP contribution < -0.4 is 5.73 Å². The van der Waals surface area contributed by atoms with E-state index in [1.54, 1.807) is 0 Å². The molecule has 0 aromatic heterocycles. The Morgan fingerprint density at radius 2 is 2.44 bits per heavy atom. The van der Waals surface area contributed by atoms with Crippen LogP contribution in [0.5, 0.6) is 0 Å². The molecule has 0 spiro atoms. The number of hydrogen-bond donors (Lipinski definition) is 1. The normalized spacial score (nSPS) is 36.3. The molecule has 1 saturated heterocycles. The minimum absolute atomic E-state index is 0.708. The molecule has 3 atom stereocenters. The summed E-state index contributed by atoms with van der Waals surface area (Å²) < 4.78 is 0. The zero-order valence-corrected chi connectivity index (χ0v) is 6.30. The molecular formula is C7H16N2. The number of rotatable bonds is 3. The van der Waals surface area contributed by atoms with Crippen molar-refractivity contribution in [2.75, 3.05) is 13.1 Å². The number of nitrogens with zero attached hydrogens (tertiary/aromatic N) is 1. The average molecular weight is 128 g/mol. The van der Waals surface area contributed by atoms with Crippen molar-refractivity contribution in [1.82, 2.24) is 4.90 Å². The molecule has 1 rings (SSSR count). The minimum Gasteiger partial charge on any atom is -0.329 e. The van der Waals surface area contributed by atoms with Crippen molar-refractivity contribution in [3.8, 4) is 0 Å². The molecule has 0 amide bonds. The molecule has 0 aromatic rings. The SMILES string of the molecule is CCC(C)N1CC1CN. The first-order chi connectivity index (χ1) is 4.29. The van der Waals surface area contributed by atoms with Gasteiger partial charge in [0.1, 0.15) is 0 Å². The Morgan fingerprint density at radius 1 is 1.78 bits per heavy atom. The van der Waals surface area contributed by atoms with Crippen LogP contribution in [-0.2, 0) is 0 Å². The summed E-state index contributed by atoms with van der Waals surface area (Å²) >= 11 is 0. The highest BCUT2D eigenvalue weighted by Gasteiger charge is 2.35. The molecule has 0 radical (unpaired) electrons. The van der Waals surface area contributed by atoms with Crippen LogP contribution >= 0.6 is 0 Å². The van der Waals surface area contributed by atoms with Gasteiger partial charge in [-0.1, -0.05) is 6.92 Å². The standard InChI is InChI=1S/C7H16N2/c1-3-6(2)9-5-7(9)4-8/h6-7H,3-5,8H2,1-2H3. The molecule has 3 unspecified atom stereocenters. The van der Waals surface area contributed by atoms with Crippen LogP contribution in [0.3, 0.4) is 0 Å². The fourth-order valence-corrected chi connectivity index (χ4v) is 1.18. The minimum atomic E-state index is 0.708. The van der Waals surface area contributed by atoms with Crippen molar-refractivity contribution in [2.45, 2.75) is 32.4 Å². The number of hydrogen-bond acceptors (Lipinski definition) is 2. The van der Waals surface area contributed by atoms with Crippen molar-refractivity contribution in [2.24, 2.45) is 5.73 Å². The smallest absolute Gasteiger partial charge is 0.0349 e. The van der Waals surface area contributed by atoms with Gasteiger partial charge in [-0.2, -0.15) is 0 Å². The molecule has 0 aromatic carbocycles. The van der Waals surface area contributed by atoms with Crippen LogP contribution in [0.15, 0.2) is 0 Å². The second-order valence-corrected chi connectivity index (χ2v) is 2.84. The van der Waals surface area contributed by atoms with Crippen LogP contribution in [0.1, 0.15) is 20.3 Å². The summed E-state index contributed by atoms with van der Waals surface area (Å²) in [6, 6.07) is 1.46. The quantitative estimate of drug-likeness (QED) is 0.558. The summed E-state index contributed by atoms with van der Waals surface area (Å²) in [6.07, 6.45) is 1.25. The van der Waals surface area contributed by atoms with Gasteiger partial charge in [-0.25, -0.2) is 0 Å². The van der Waals surface area contributed by atoms with Gasteiger partial charge in [0.15, 0.2) is 0 Å². The fraction of sp³-hybridized carbons (Fsp3) is 1.00. The molecule has 0 bridgehead atoms. The van der Waals surface area contributed by atoms with Crippen molar-refractivity contribution >= 4 is 0 Å². The van der Waals surface area contributed by atoms with Gasteiger partial charge in [-0.15, -0.1) is 0 Å². The molecule has 9 heavy (non-hydrogen) atoms. The van der Waals surface area contributed by atoms with E-state index < -0.39 is 0 Å². The summed E-state index contributed by atoms with van der Waals surface area (Å²) in [5, 5.41) is 0. The number of nitrogens with two attached hydrogens (primary N) is 1. The van der Waals surface area contributed by atoms with Crippen LogP contribution in [0, 0.1) is 0 Å². The maximum atomic E-state index is 5.48. The lowest BCUT2D eigenvalue weighted by Crippen LogP contribution is -2.19. The Balaban J connectivity index is 2.17. The topological polar surface area (TPSA) is 29.0 Å². The maximum absolute atomic E-state index is 5.48. The van der Waals surface area contributed by atoms with E-state index in [-0.39, 0.29) is 0 Å². The van der Waals surface area contributed by atoms with Gasteiger partial charge in [0, 0.05) is 25.2 Å². The average Bonchev–Trinajstić information content (AvgIpc) is 2.64. The van der Waals surface area contributed by atoms with E-state index >= 15 is 0 Å². The molecule has 1 fully saturated rings.